The number of thiazole rings is 1. The summed E-state index contributed by atoms with van der Waals surface area (Å²) in [5.74, 6) is 0.852. The Balaban J connectivity index is 2.03. The first-order valence-electron chi connectivity index (χ1n) is 7.84. The lowest BCUT2D eigenvalue weighted by Crippen LogP contribution is -2.04. The van der Waals surface area contributed by atoms with Crippen LogP contribution in [0.5, 0.6) is 0 Å². The van der Waals surface area contributed by atoms with E-state index in [1.165, 1.54) is 49.1 Å². The summed E-state index contributed by atoms with van der Waals surface area (Å²) in [6.45, 7) is 1.91. The SMILES string of the molecule is CCS(=O)c1nc(-c2ccc(F)cc2)c(C2CCCCC2)s1. The van der Waals surface area contributed by atoms with E-state index in [1.54, 1.807) is 23.5 Å². The summed E-state index contributed by atoms with van der Waals surface area (Å²) in [5, 5.41) is 0. The van der Waals surface area contributed by atoms with Gasteiger partial charge in [-0.15, -0.1) is 11.3 Å². The Kier molecular flexibility index (Phi) is 5.03. The minimum atomic E-state index is -1.03. The summed E-state index contributed by atoms with van der Waals surface area (Å²) < 4.78 is 26.0. The van der Waals surface area contributed by atoms with Crippen LogP contribution in [0.15, 0.2) is 28.6 Å². The van der Waals surface area contributed by atoms with E-state index in [1.807, 2.05) is 6.92 Å². The summed E-state index contributed by atoms with van der Waals surface area (Å²) in [4.78, 5) is 5.89. The maximum absolute atomic E-state index is 13.2. The fourth-order valence-corrected chi connectivity index (χ4v) is 5.41. The molecule has 0 radical (unpaired) electrons. The van der Waals surface area contributed by atoms with Crippen LogP contribution in [0.1, 0.15) is 49.8 Å². The van der Waals surface area contributed by atoms with Crippen LogP contribution in [-0.2, 0) is 10.8 Å². The molecule has 1 aromatic heterocycles. The standard InChI is InChI=1S/C17H20FNOS2/c1-2-22(20)17-19-15(12-8-10-14(18)11-9-12)16(21-17)13-6-4-3-5-7-13/h8-11,13H,2-7H2,1H3. The molecular weight excluding hydrogens is 317 g/mol. The van der Waals surface area contributed by atoms with Crippen molar-refractivity contribution >= 4 is 22.1 Å². The molecule has 0 spiro atoms. The van der Waals surface area contributed by atoms with Crippen LogP contribution >= 0.6 is 11.3 Å². The molecule has 2 aromatic rings. The number of benzene rings is 1. The van der Waals surface area contributed by atoms with Crippen molar-refractivity contribution in [1.82, 2.24) is 4.98 Å². The van der Waals surface area contributed by atoms with E-state index in [2.05, 4.69) is 4.98 Å². The van der Waals surface area contributed by atoms with Gasteiger partial charge >= 0.3 is 0 Å². The van der Waals surface area contributed by atoms with Gasteiger partial charge in [-0.1, -0.05) is 26.2 Å². The predicted molar refractivity (Wildman–Crippen MR) is 90.3 cm³/mol. The first-order valence-corrected chi connectivity index (χ1v) is 9.97. The van der Waals surface area contributed by atoms with Crippen LogP contribution in [0.25, 0.3) is 11.3 Å². The molecule has 0 amide bonds. The highest BCUT2D eigenvalue weighted by atomic mass is 32.2. The molecule has 1 aliphatic rings. The van der Waals surface area contributed by atoms with E-state index in [0.29, 0.717) is 16.0 Å². The highest BCUT2D eigenvalue weighted by molar-refractivity contribution is 7.87. The largest absolute Gasteiger partial charge is 0.252 e. The number of halogens is 1. The van der Waals surface area contributed by atoms with E-state index in [0.717, 1.165) is 11.3 Å². The molecule has 0 bridgehead atoms. The lowest BCUT2D eigenvalue weighted by atomic mass is 9.87. The zero-order valence-corrected chi connectivity index (χ0v) is 14.3. The maximum Gasteiger partial charge on any atom is 0.181 e. The highest BCUT2D eigenvalue weighted by Crippen LogP contribution is 2.42. The molecule has 1 fully saturated rings. The van der Waals surface area contributed by atoms with Crippen molar-refractivity contribution in [3.63, 3.8) is 0 Å². The molecule has 22 heavy (non-hydrogen) atoms. The quantitative estimate of drug-likeness (QED) is 0.774. The average molecular weight is 337 g/mol. The number of rotatable bonds is 4. The minimum absolute atomic E-state index is 0.240. The Morgan fingerprint density at radius 2 is 1.91 bits per heavy atom. The topological polar surface area (TPSA) is 30.0 Å². The van der Waals surface area contributed by atoms with Crippen LogP contribution < -0.4 is 0 Å². The molecule has 3 rings (SSSR count). The Labute approximate surface area is 137 Å². The second kappa shape index (κ2) is 7.01. The van der Waals surface area contributed by atoms with Crippen molar-refractivity contribution < 1.29 is 8.60 Å². The number of hydrogen-bond donors (Lipinski definition) is 0. The van der Waals surface area contributed by atoms with E-state index in [4.69, 9.17) is 0 Å². The third kappa shape index (κ3) is 3.30. The van der Waals surface area contributed by atoms with E-state index < -0.39 is 10.8 Å². The van der Waals surface area contributed by atoms with E-state index in [-0.39, 0.29) is 5.82 Å². The Bertz CT molecular complexity index is 660. The van der Waals surface area contributed by atoms with Gasteiger partial charge in [0.2, 0.25) is 0 Å². The van der Waals surface area contributed by atoms with Crippen LogP contribution in [-0.4, -0.2) is 14.9 Å². The van der Waals surface area contributed by atoms with Gasteiger partial charge in [0.15, 0.2) is 4.34 Å². The molecule has 1 heterocycles. The van der Waals surface area contributed by atoms with Gasteiger partial charge in [-0.25, -0.2) is 9.37 Å². The zero-order chi connectivity index (χ0) is 15.5. The maximum atomic E-state index is 13.2. The van der Waals surface area contributed by atoms with Crippen molar-refractivity contribution in [3.8, 4) is 11.3 Å². The third-order valence-corrected chi connectivity index (χ3v) is 7.01. The number of nitrogens with zero attached hydrogens (tertiary/aromatic N) is 1. The van der Waals surface area contributed by atoms with Crippen molar-refractivity contribution in [2.24, 2.45) is 0 Å². The van der Waals surface area contributed by atoms with Gasteiger partial charge in [-0.3, -0.25) is 4.21 Å². The summed E-state index contributed by atoms with van der Waals surface area (Å²) in [6.07, 6.45) is 6.15. The van der Waals surface area contributed by atoms with Crippen LogP contribution in [0.2, 0.25) is 0 Å². The fourth-order valence-electron chi connectivity index (χ4n) is 2.99. The molecule has 118 valence electrons. The average Bonchev–Trinajstić information content (AvgIpc) is 3.01. The molecule has 1 unspecified atom stereocenters. The van der Waals surface area contributed by atoms with Gasteiger partial charge in [0, 0.05) is 16.2 Å². The van der Waals surface area contributed by atoms with Crippen molar-refractivity contribution in [2.75, 3.05) is 5.75 Å². The molecule has 1 saturated carbocycles. The van der Waals surface area contributed by atoms with Crippen molar-refractivity contribution in [2.45, 2.75) is 49.3 Å². The molecule has 1 atom stereocenters. The van der Waals surface area contributed by atoms with Crippen molar-refractivity contribution in [3.05, 3.63) is 35.0 Å². The summed E-state index contributed by atoms with van der Waals surface area (Å²) in [6, 6.07) is 6.48. The van der Waals surface area contributed by atoms with Crippen LogP contribution in [0.3, 0.4) is 0 Å². The van der Waals surface area contributed by atoms with Gasteiger partial charge in [0.1, 0.15) is 5.82 Å². The molecule has 1 aliphatic carbocycles. The van der Waals surface area contributed by atoms with Gasteiger partial charge in [-0.2, -0.15) is 0 Å². The fraction of sp³-hybridized carbons (Fsp3) is 0.471. The normalized spacial score (nSPS) is 17.5. The molecule has 0 saturated heterocycles. The van der Waals surface area contributed by atoms with Crippen LogP contribution in [0.4, 0.5) is 4.39 Å². The summed E-state index contributed by atoms with van der Waals surface area (Å²) in [5.41, 5.74) is 1.84. The first-order chi connectivity index (χ1) is 10.7. The monoisotopic (exact) mass is 337 g/mol. The van der Waals surface area contributed by atoms with Gasteiger partial charge in [0.25, 0.3) is 0 Å². The molecular formula is C17H20FNOS2. The molecule has 0 aliphatic heterocycles. The lowest BCUT2D eigenvalue weighted by molar-refractivity contribution is 0.448. The van der Waals surface area contributed by atoms with E-state index in [9.17, 15) is 8.60 Å². The van der Waals surface area contributed by atoms with Gasteiger partial charge < -0.3 is 0 Å². The molecule has 5 heteroatoms. The van der Waals surface area contributed by atoms with Gasteiger partial charge in [-0.05, 0) is 43.0 Å². The lowest BCUT2D eigenvalue weighted by Gasteiger charge is -2.21. The predicted octanol–water partition coefficient (Wildman–Crippen LogP) is 5.12. The number of hydrogen-bond acceptors (Lipinski definition) is 3. The minimum Gasteiger partial charge on any atom is -0.252 e. The summed E-state index contributed by atoms with van der Waals surface area (Å²) in [7, 11) is -1.03. The Morgan fingerprint density at radius 1 is 1.23 bits per heavy atom. The highest BCUT2D eigenvalue weighted by Gasteiger charge is 2.24. The van der Waals surface area contributed by atoms with Crippen LogP contribution in [0, 0.1) is 5.82 Å². The summed E-state index contributed by atoms with van der Waals surface area (Å²) >= 11 is 1.59. The van der Waals surface area contributed by atoms with Crippen molar-refractivity contribution in [1.29, 1.82) is 0 Å². The smallest absolute Gasteiger partial charge is 0.181 e. The second-order valence-electron chi connectivity index (χ2n) is 5.67. The molecule has 2 nitrogen and oxygen atoms in total. The molecule has 1 aromatic carbocycles. The first kappa shape index (κ1) is 15.8. The van der Waals surface area contributed by atoms with Gasteiger partial charge in [0.05, 0.1) is 16.5 Å². The third-order valence-electron chi connectivity index (χ3n) is 4.18. The Morgan fingerprint density at radius 3 is 2.55 bits per heavy atom. The second-order valence-corrected chi connectivity index (χ2v) is 8.61. The number of aromatic nitrogens is 1. The zero-order valence-electron chi connectivity index (χ0n) is 12.7. The van der Waals surface area contributed by atoms with E-state index >= 15 is 0 Å². The Hall–Kier alpha value is -1.07. The molecule has 0 N–H and O–H groups in total.